The highest BCUT2D eigenvalue weighted by molar-refractivity contribution is 5.84. The number of aliphatic hydroxyl groups excluding tert-OH is 3. The second-order valence-corrected chi connectivity index (χ2v) is 10.3. The Hall–Kier alpha value is -3.52. The van der Waals surface area contributed by atoms with Gasteiger partial charge in [0.05, 0.1) is 30.2 Å². The molecule has 0 bridgehead atoms. The van der Waals surface area contributed by atoms with E-state index in [0.29, 0.717) is 19.3 Å². The molecule has 4 rings (SSSR count). The SMILES string of the molecule is CN(C(=O)[C@H](C[C@H](O)[C@H](Cc1ccccc1)NC(=O)CCCO)c1ccccc1)[C@H]1c2ccccc2C[C@H]1O. The molecule has 39 heavy (non-hydrogen) atoms. The maximum atomic E-state index is 14.1. The fourth-order valence-electron chi connectivity index (χ4n) is 5.54. The molecule has 206 valence electrons. The van der Waals surface area contributed by atoms with Gasteiger partial charge in [0.25, 0.3) is 0 Å². The summed E-state index contributed by atoms with van der Waals surface area (Å²) in [6, 6.07) is 25.6. The Morgan fingerprint density at radius 3 is 2.31 bits per heavy atom. The minimum Gasteiger partial charge on any atom is -0.396 e. The van der Waals surface area contributed by atoms with Gasteiger partial charge in [0.15, 0.2) is 0 Å². The van der Waals surface area contributed by atoms with Crippen molar-refractivity contribution in [2.75, 3.05) is 13.7 Å². The molecule has 3 aromatic carbocycles. The fourth-order valence-corrected chi connectivity index (χ4v) is 5.54. The summed E-state index contributed by atoms with van der Waals surface area (Å²) < 4.78 is 0. The molecule has 0 spiro atoms. The van der Waals surface area contributed by atoms with Gasteiger partial charge < -0.3 is 25.5 Å². The molecular formula is C32H38N2O5. The third-order valence-electron chi connectivity index (χ3n) is 7.58. The summed E-state index contributed by atoms with van der Waals surface area (Å²) in [6.45, 7) is -0.0909. The Balaban J connectivity index is 1.59. The lowest BCUT2D eigenvalue weighted by atomic mass is 9.87. The molecule has 0 unspecified atom stereocenters. The number of carbonyl (C=O) groups excluding carboxylic acids is 2. The third-order valence-corrected chi connectivity index (χ3v) is 7.58. The van der Waals surface area contributed by atoms with E-state index in [0.717, 1.165) is 22.3 Å². The Bertz CT molecular complexity index is 1220. The first-order valence-corrected chi connectivity index (χ1v) is 13.6. The quantitative estimate of drug-likeness (QED) is 0.288. The zero-order valence-electron chi connectivity index (χ0n) is 22.3. The Labute approximate surface area is 230 Å². The predicted molar refractivity (Wildman–Crippen MR) is 150 cm³/mol. The van der Waals surface area contributed by atoms with E-state index >= 15 is 0 Å². The van der Waals surface area contributed by atoms with Gasteiger partial charge in [-0.3, -0.25) is 9.59 Å². The third kappa shape index (κ3) is 7.12. The molecule has 5 atom stereocenters. The molecular weight excluding hydrogens is 492 g/mol. The van der Waals surface area contributed by atoms with Crippen molar-refractivity contribution in [1.29, 1.82) is 0 Å². The Kier molecular flexibility index (Phi) is 9.87. The number of nitrogens with zero attached hydrogens (tertiary/aromatic N) is 1. The molecule has 7 nitrogen and oxygen atoms in total. The van der Waals surface area contributed by atoms with Crippen LogP contribution in [0.25, 0.3) is 0 Å². The van der Waals surface area contributed by atoms with Crippen molar-refractivity contribution in [3.05, 3.63) is 107 Å². The van der Waals surface area contributed by atoms with Gasteiger partial charge in [0.2, 0.25) is 11.8 Å². The zero-order chi connectivity index (χ0) is 27.8. The summed E-state index contributed by atoms with van der Waals surface area (Å²) in [4.78, 5) is 28.3. The van der Waals surface area contributed by atoms with Crippen LogP contribution in [0.4, 0.5) is 0 Å². The van der Waals surface area contributed by atoms with E-state index in [-0.39, 0.29) is 31.3 Å². The second-order valence-electron chi connectivity index (χ2n) is 10.3. The number of rotatable bonds is 12. The normalized spacial score (nSPS) is 18.6. The second kappa shape index (κ2) is 13.5. The molecule has 2 amide bonds. The lowest BCUT2D eigenvalue weighted by Gasteiger charge is -2.33. The van der Waals surface area contributed by atoms with Crippen molar-refractivity contribution in [2.45, 2.75) is 62.3 Å². The summed E-state index contributed by atoms with van der Waals surface area (Å²) >= 11 is 0. The minimum atomic E-state index is -1.02. The van der Waals surface area contributed by atoms with Gasteiger partial charge in [-0.05, 0) is 41.5 Å². The number of fused-ring (bicyclic) bond motifs is 1. The first-order valence-electron chi connectivity index (χ1n) is 13.6. The van der Waals surface area contributed by atoms with Gasteiger partial charge in [-0.2, -0.15) is 0 Å². The number of likely N-dealkylation sites (N-methyl/N-ethyl adjacent to an activating group) is 1. The van der Waals surface area contributed by atoms with E-state index in [1.807, 2.05) is 84.9 Å². The van der Waals surface area contributed by atoms with E-state index < -0.39 is 30.2 Å². The summed E-state index contributed by atoms with van der Waals surface area (Å²) in [5.41, 5.74) is 3.68. The molecule has 0 fully saturated rings. The maximum Gasteiger partial charge on any atom is 0.230 e. The smallest absolute Gasteiger partial charge is 0.230 e. The molecule has 0 aliphatic heterocycles. The number of amides is 2. The van der Waals surface area contributed by atoms with Crippen molar-refractivity contribution in [3.63, 3.8) is 0 Å². The molecule has 0 aromatic heterocycles. The highest BCUT2D eigenvalue weighted by atomic mass is 16.3. The molecule has 0 saturated carbocycles. The molecule has 1 aliphatic carbocycles. The van der Waals surface area contributed by atoms with E-state index in [1.54, 1.807) is 11.9 Å². The van der Waals surface area contributed by atoms with Crippen LogP contribution in [0.15, 0.2) is 84.9 Å². The molecule has 0 heterocycles. The van der Waals surface area contributed by atoms with Gasteiger partial charge in [-0.1, -0.05) is 84.9 Å². The van der Waals surface area contributed by atoms with Crippen LogP contribution in [-0.4, -0.2) is 63.9 Å². The van der Waals surface area contributed by atoms with E-state index in [2.05, 4.69) is 5.32 Å². The van der Waals surface area contributed by atoms with Crippen LogP contribution in [0.2, 0.25) is 0 Å². The Morgan fingerprint density at radius 1 is 0.974 bits per heavy atom. The standard InChI is InChI=1S/C32H38N2O5/c1-34(31-25-16-9-8-15-24(25)20-29(31)37)32(39)26(23-13-6-3-7-14-23)21-28(36)27(33-30(38)17-10-18-35)19-22-11-4-2-5-12-22/h2-9,11-16,26-29,31,35-37H,10,17-21H2,1H3,(H,33,38)/t26-,27+,28+,29-,31+/m1/s1. The number of carbonyl (C=O) groups is 2. The Morgan fingerprint density at radius 2 is 1.62 bits per heavy atom. The molecule has 1 aliphatic rings. The molecule has 4 N–H and O–H groups in total. The van der Waals surface area contributed by atoms with Crippen LogP contribution >= 0.6 is 0 Å². The molecule has 0 radical (unpaired) electrons. The zero-order valence-corrected chi connectivity index (χ0v) is 22.3. The fraction of sp³-hybridized carbons (Fsp3) is 0.375. The maximum absolute atomic E-state index is 14.1. The average molecular weight is 531 g/mol. The van der Waals surface area contributed by atoms with Crippen LogP contribution in [0, 0.1) is 0 Å². The number of benzene rings is 3. The number of aliphatic hydroxyl groups is 3. The number of hydrogen-bond acceptors (Lipinski definition) is 5. The van der Waals surface area contributed by atoms with Crippen LogP contribution < -0.4 is 5.32 Å². The summed E-state index contributed by atoms with van der Waals surface area (Å²) in [6.07, 6.45) is -0.280. The van der Waals surface area contributed by atoms with Crippen molar-refractivity contribution >= 4 is 11.8 Å². The van der Waals surface area contributed by atoms with Crippen molar-refractivity contribution in [2.24, 2.45) is 0 Å². The number of nitrogens with one attached hydrogen (secondary N) is 1. The monoisotopic (exact) mass is 530 g/mol. The van der Waals surface area contributed by atoms with Crippen LogP contribution in [0.5, 0.6) is 0 Å². The van der Waals surface area contributed by atoms with E-state index in [1.165, 1.54) is 0 Å². The molecule has 3 aromatic rings. The average Bonchev–Trinajstić information content (AvgIpc) is 3.30. The molecule has 7 heteroatoms. The van der Waals surface area contributed by atoms with Crippen LogP contribution in [0.1, 0.15) is 53.5 Å². The van der Waals surface area contributed by atoms with Crippen molar-refractivity contribution < 1.29 is 24.9 Å². The van der Waals surface area contributed by atoms with Crippen LogP contribution in [-0.2, 0) is 22.4 Å². The summed E-state index contributed by atoms with van der Waals surface area (Å²) in [5, 5.41) is 34.4. The van der Waals surface area contributed by atoms with Gasteiger partial charge >= 0.3 is 0 Å². The van der Waals surface area contributed by atoms with E-state index in [9.17, 15) is 19.8 Å². The summed E-state index contributed by atoms with van der Waals surface area (Å²) in [5.74, 6) is -1.14. The lowest BCUT2D eigenvalue weighted by molar-refractivity contribution is -0.136. The highest BCUT2D eigenvalue weighted by Crippen LogP contribution is 2.37. The van der Waals surface area contributed by atoms with Crippen molar-refractivity contribution in [1.82, 2.24) is 10.2 Å². The lowest BCUT2D eigenvalue weighted by Crippen LogP contribution is -2.47. The largest absolute Gasteiger partial charge is 0.396 e. The first kappa shape index (κ1) is 28.5. The van der Waals surface area contributed by atoms with Gasteiger partial charge in [-0.25, -0.2) is 0 Å². The van der Waals surface area contributed by atoms with Gasteiger partial charge in [0, 0.05) is 26.5 Å². The first-order chi connectivity index (χ1) is 18.9. The summed E-state index contributed by atoms with van der Waals surface area (Å²) in [7, 11) is 1.71. The van der Waals surface area contributed by atoms with E-state index in [4.69, 9.17) is 5.11 Å². The molecule has 0 saturated heterocycles. The van der Waals surface area contributed by atoms with Gasteiger partial charge in [0.1, 0.15) is 0 Å². The van der Waals surface area contributed by atoms with Crippen LogP contribution in [0.3, 0.4) is 0 Å². The van der Waals surface area contributed by atoms with Crippen molar-refractivity contribution in [3.8, 4) is 0 Å². The predicted octanol–water partition coefficient (Wildman–Crippen LogP) is 3.14. The van der Waals surface area contributed by atoms with Gasteiger partial charge in [-0.15, -0.1) is 0 Å². The minimum absolute atomic E-state index is 0.0909. The highest BCUT2D eigenvalue weighted by Gasteiger charge is 2.39. The number of hydrogen-bond donors (Lipinski definition) is 4. The topological polar surface area (TPSA) is 110 Å².